The van der Waals surface area contributed by atoms with E-state index in [9.17, 15) is 4.79 Å². The summed E-state index contributed by atoms with van der Waals surface area (Å²) in [4.78, 5) is 12.3. The quantitative estimate of drug-likeness (QED) is 0.792. The van der Waals surface area contributed by atoms with E-state index in [-0.39, 0.29) is 0 Å². The molecule has 0 radical (unpaired) electrons. The van der Waals surface area contributed by atoms with Crippen LogP contribution in [0, 0.1) is 5.41 Å². The largest absolute Gasteiger partial charge is 0.481 e. The van der Waals surface area contributed by atoms with Crippen LogP contribution in [-0.4, -0.2) is 16.8 Å². The maximum Gasteiger partial charge on any atom is 0.311 e. The predicted octanol–water partition coefficient (Wildman–Crippen LogP) is 2.91. The average molecular weight is 253 g/mol. The van der Waals surface area contributed by atoms with Crippen molar-refractivity contribution in [3.8, 4) is 0 Å². The Morgan fingerprint density at radius 3 is 2.35 bits per heavy atom. The number of thioether (sulfide) groups is 1. The van der Waals surface area contributed by atoms with Gasteiger partial charge < -0.3 is 10.8 Å². The van der Waals surface area contributed by atoms with E-state index in [0.29, 0.717) is 0 Å². The Morgan fingerprint density at radius 2 is 1.94 bits per heavy atom. The lowest BCUT2D eigenvalue weighted by Crippen LogP contribution is -2.36. The van der Waals surface area contributed by atoms with E-state index < -0.39 is 17.4 Å². The second-order valence-electron chi connectivity index (χ2n) is 4.51. The van der Waals surface area contributed by atoms with Crippen LogP contribution < -0.4 is 5.73 Å². The van der Waals surface area contributed by atoms with Gasteiger partial charge in [0.25, 0.3) is 0 Å². The van der Waals surface area contributed by atoms with E-state index in [1.807, 2.05) is 24.3 Å². The third-order valence-electron chi connectivity index (χ3n) is 2.88. The Bertz CT molecular complexity index is 387. The third kappa shape index (κ3) is 3.23. The van der Waals surface area contributed by atoms with Crippen LogP contribution in [0.4, 0.5) is 0 Å². The number of aliphatic carboxylic acids is 1. The molecule has 0 fully saturated rings. The van der Waals surface area contributed by atoms with Gasteiger partial charge in [0.15, 0.2) is 0 Å². The van der Waals surface area contributed by atoms with Gasteiger partial charge in [-0.25, -0.2) is 0 Å². The molecule has 3 nitrogen and oxygen atoms in total. The predicted molar refractivity (Wildman–Crippen MR) is 71.2 cm³/mol. The molecule has 0 heterocycles. The molecule has 0 amide bonds. The monoisotopic (exact) mass is 253 g/mol. The number of benzene rings is 1. The molecule has 0 aromatic heterocycles. The second-order valence-corrected chi connectivity index (χ2v) is 5.84. The summed E-state index contributed by atoms with van der Waals surface area (Å²) in [5, 5.41) is 9.13. The molecule has 1 unspecified atom stereocenters. The molecular weight excluding hydrogens is 234 g/mol. The van der Waals surface area contributed by atoms with Gasteiger partial charge in [0.1, 0.15) is 0 Å². The highest BCUT2D eigenvalue weighted by molar-refractivity contribution is 7.99. The smallest absolute Gasteiger partial charge is 0.311 e. The molecule has 3 N–H and O–H groups in total. The molecular formula is C13H19NO2S. The van der Waals surface area contributed by atoms with Crippen LogP contribution in [0.15, 0.2) is 29.2 Å². The molecule has 1 atom stereocenters. The molecule has 0 spiro atoms. The number of hydrogen-bond acceptors (Lipinski definition) is 3. The van der Waals surface area contributed by atoms with Crippen molar-refractivity contribution in [2.45, 2.75) is 31.7 Å². The van der Waals surface area contributed by atoms with Crippen LogP contribution in [0.3, 0.4) is 0 Å². The van der Waals surface area contributed by atoms with Crippen LogP contribution in [0.2, 0.25) is 0 Å². The highest BCUT2D eigenvalue weighted by atomic mass is 32.2. The average Bonchev–Trinajstić information content (AvgIpc) is 2.29. The zero-order chi connectivity index (χ0) is 13.1. The van der Waals surface area contributed by atoms with Crippen LogP contribution in [0.1, 0.15) is 32.4 Å². The molecule has 0 aliphatic heterocycles. The van der Waals surface area contributed by atoms with Crippen molar-refractivity contribution in [2.75, 3.05) is 5.75 Å². The molecule has 0 saturated carbocycles. The minimum absolute atomic E-state index is 0.499. The summed E-state index contributed by atoms with van der Waals surface area (Å²) in [6.45, 7) is 5.39. The Kier molecular flexibility index (Phi) is 4.60. The van der Waals surface area contributed by atoms with Crippen molar-refractivity contribution in [3.63, 3.8) is 0 Å². The summed E-state index contributed by atoms with van der Waals surface area (Å²) in [5.74, 6) is 0.142. The lowest BCUT2D eigenvalue weighted by atomic mass is 9.81. The molecule has 1 rings (SSSR count). The van der Waals surface area contributed by atoms with Crippen molar-refractivity contribution in [2.24, 2.45) is 11.1 Å². The van der Waals surface area contributed by atoms with Crippen molar-refractivity contribution in [3.05, 3.63) is 29.8 Å². The van der Waals surface area contributed by atoms with Crippen molar-refractivity contribution in [1.82, 2.24) is 0 Å². The summed E-state index contributed by atoms with van der Waals surface area (Å²) in [7, 11) is 0. The maximum atomic E-state index is 11.1. The summed E-state index contributed by atoms with van der Waals surface area (Å²) in [6, 6.07) is 7.30. The molecule has 0 saturated heterocycles. The first-order valence-electron chi connectivity index (χ1n) is 5.61. The summed E-state index contributed by atoms with van der Waals surface area (Å²) in [6.07, 6.45) is 0. The SMILES string of the molecule is CCSc1ccc(C(N)C(C)(C)C(=O)O)cc1. The first kappa shape index (κ1) is 14.1. The van der Waals surface area contributed by atoms with Crippen LogP contribution in [0.5, 0.6) is 0 Å². The number of carboxylic acids is 1. The fraction of sp³-hybridized carbons (Fsp3) is 0.462. The van der Waals surface area contributed by atoms with Gasteiger partial charge in [-0.05, 0) is 37.3 Å². The Morgan fingerprint density at radius 1 is 1.41 bits per heavy atom. The fourth-order valence-corrected chi connectivity index (χ4v) is 2.15. The van der Waals surface area contributed by atoms with Crippen LogP contribution in [0.25, 0.3) is 0 Å². The molecule has 94 valence electrons. The number of hydrogen-bond donors (Lipinski definition) is 2. The Balaban J connectivity index is 2.90. The maximum absolute atomic E-state index is 11.1. The van der Waals surface area contributed by atoms with E-state index >= 15 is 0 Å². The Labute approximate surface area is 106 Å². The van der Waals surface area contributed by atoms with E-state index in [0.717, 1.165) is 11.3 Å². The zero-order valence-corrected chi connectivity index (χ0v) is 11.3. The topological polar surface area (TPSA) is 63.3 Å². The van der Waals surface area contributed by atoms with E-state index in [1.54, 1.807) is 25.6 Å². The second kappa shape index (κ2) is 5.56. The van der Waals surface area contributed by atoms with Gasteiger partial charge in [-0.2, -0.15) is 0 Å². The number of nitrogens with two attached hydrogens (primary N) is 1. The summed E-state index contributed by atoms with van der Waals surface area (Å²) >= 11 is 1.75. The molecule has 4 heteroatoms. The van der Waals surface area contributed by atoms with E-state index in [4.69, 9.17) is 10.8 Å². The van der Waals surface area contributed by atoms with Crippen LogP contribution in [-0.2, 0) is 4.79 Å². The standard InChI is InChI=1S/C13H19NO2S/c1-4-17-10-7-5-9(6-8-10)11(14)13(2,3)12(15)16/h5-8,11H,4,14H2,1-3H3,(H,15,16). The molecule has 0 aliphatic carbocycles. The molecule has 0 bridgehead atoms. The van der Waals surface area contributed by atoms with Crippen molar-refractivity contribution in [1.29, 1.82) is 0 Å². The number of carboxylic acid groups (broad SMARTS) is 1. The number of carbonyl (C=O) groups is 1. The van der Waals surface area contributed by atoms with E-state index in [1.165, 1.54) is 4.90 Å². The van der Waals surface area contributed by atoms with Crippen molar-refractivity contribution >= 4 is 17.7 Å². The zero-order valence-electron chi connectivity index (χ0n) is 10.4. The van der Waals surface area contributed by atoms with Gasteiger partial charge in [-0.15, -0.1) is 11.8 Å². The highest BCUT2D eigenvalue weighted by Gasteiger charge is 2.35. The van der Waals surface area contributed by atoms with Crippen molar-refractivity contribution < 1.29 is 9.90 Å². The number of rotatable bonds is 5. The third-order valence-corrected chi connectivity index (χ3v) is 3.77. The van der Waals surface area contributed by atoms with Gasteiger partial charge in [-0.3, -0.25) is 4.79 Å². The van der Waals surface area contributed by atoms with Gasteiger partial charge in [-0.1, -0.05) is 19.1 Å². The minimum atomic E-state index is -0.959. The fourth-order valence-electron chi connectivity index (χ4n) is 1.49. The summed E-state index contributed by atoms with van der Waals surface area (Å²) < 4.78 is 0. The van der Waals surface area contributed by atoms with Gasteiger partial charge in [0, 0.05) is 10.9 Å². The molecule has 1 aromatic rings. The highest BCUT2D eigenvalue weighted by Crippen LogP contribution is 2.32. The Hall–Kier alpha value is -1.00. The lowest BCUT2D eigenvalue weighted by molar-refractivity contribution is -0.148. The first-order valence-corrected chi connectivity index (χ1v) is 6.60. The molecule has 1 aromatic carbocycles. The first-order chi connectivity index (χ1) is 7.89. The van der Waals surface area contributed by atoms with E-state index in [2.05, 4.69) is 6.92 Å². The summed E-state index contributed by atoms with van der Waals surface area (Å²) in [5.41, 5.74) is 5.91. The van der Waals surface area contributed by atoms with Gasteiger partial charge in [0.05, 0.1) is 5.41 Å². The van der Waals surface area contributed by atoms with Gasteiger partial charge in [0.2, 0.25) is 0 Å². The normalized spacial score (nSPS) is 13.4. The minimum Gasteiger partial charge on any atom is -0.481 e. The van der Waals surface area contributed by atoms with Crippen LogP contribution >= 0.6 is 11.8 Å². The molecule has 0 aliphatic rings. The van der Waals surface area contributed by atoms with Gasteiger partial charge >= 0.3 is 5.97 Å². The lowest BCUT2D eigenvalue weighted by Gasteiger charge is -2.27. The molecule has 17 heavy (non-hydrogen) atoms.